The zero-order chi connectivity index (χ0) is 37.0. The third kappa shape index (κ3) is 5.08. The lowest BCUT2D eigenvalue weighted by molar-refractivity contribution is 1.11. The highest BCUT2D eigenvalue weighted by atomic mass is 15.1. The maximum atomic E-state index is 5.25. The number of imidazole rings is 2. The molecule has 0 saturated heterocycles. The van der Waals surface area contributed by atoms with Gasteiger partial charge in [-0.2, -0.15) is 0 Å². The second-order valence-electron chi connectivity index (χ2n) is 14.2. The zero-order valence-electron chi connectivity index (χ0n) is 30.4. The van der Waals surface area contributed by atoms with E-state index in [1.54, 1.807) is 0 Å². The van der Waals surface area contributed by atoms with Crippen LogP contribution in [0.1, 0.15) is 0 Å². The van der Waals surface area contributed by atoms with E-state index >= 15 is 0 Å². The van der Waals surface area contributed by atoms with Crippen molar-refractivity contribution in [2.45, 2.75) is 0 Å². The van der Waals surface area contributed by atoms with E-state index in [2.05, 4.69) is 215 Å². The maximum Gasteiger partial charge on any atom is 0.145 e. The molecule has 11 aromatic rings. The summed E-state index contributed by atoms with van der Waals surface area (Å²) in [5.41, 5.74) is 13.0. The lowest BCUT2D eigenvalue weighted by atomic mass is 9.87. The molecule has 9 aromatic carbocycles. The van der Waals surface area contributed by atoms with E-state index in [-0.39, 0.29) is 0 Å². The normalized spacial score (nSPS) is 11.6. The van der Waals surface area contributed by atoms with Gasteiger partial charge in [-0.25, -0.2) is 9.97 Å². The second kappa shape index (κ2) is 13.1. The minimum Gasteiger partial charge on any atom is -0.292 e. The van der Waals surface area contributed by atoms with Crippen molar-refractivity contribution in [1.82, 2.24) is 19.1 Å². The number of nitrogens with zero attached hydrogens (tertiary/aromatic N) is 4. The van der Waals surface area contributed by atoms with Crippen LogP contribution >= 0.6 is 0 Å². The van der Waals surface area contributed by atoms with Crippen molar-refractivity contribution < 1.29 is 0 Å². The molecule has 11 rings (SSSR count). The minimum absolute atomic E-state index is 0.908. The van der Waals surface area contributed by atoms with Gasteiger partial charge in [-0.1, -0.05) is 164 Å². The van der Waals surface area contributed by atoms with Gasteiger partial charge in [-0.05, 0) is 75.5 Å². The average Bonchev–Trinajstić information content (AvgIpc) is 3.86. The molecule has 56 heavy (non-hydrogen) atoms. The summed E-state index contributed by atoms with van der Waals surface area (Å²) in [6, 6.07) is 73.3. The zero-order valence-corrected chi connectivity index (χ0v) is 30.4. The first-order valence-corrected chi connectivity index (χ1v) is 19.0. The number of rotatable bonds is 6. The number of hydrogen-bond donors (Lipinski definition) is 0. The molecule has 2 aromatic heterocycles. The molecular weight excluding hydrogens is 681 g/mol. The van der Waals surface area contributed by atoms with Crippen LogP contribution in [-0.2, 0) is 0 Å². The summed E-state index contributed by atoms with van der Waals surface area (Å²) in [5.74, 6) is 1.82. The van der Waals surface area contributed by atoms with Gasteiger partial charge in [0.25, 0.3) is 0 Å². The quantitative estimate of drug-likeness (QED) is 0.161. The Labute approximate surface area is 324 Å². The third-order valence-electron chi connectivity index (χ3n) is 10.9. The summed E-state index contributed by atoms with van der Waals surface area (Å²) in [6.07, 6.45) is 0. The predicted octanol–water partition coefficient (Wildman–Crippen LogP) is 13.3. The fourth-order valence-electron chi connectivity index (χ4n) is 8.49. The fraction of sp³-hybridized carbons (Fsp3) is 0. The molecule has 0 bridgehead atoms. The standard InChI is InChI=1S/C52H34N4/c1-4-18-35(19-5-1)38-24-10-11-25-39(38)50-40-26-16-32-46(55-48-30-14-12-28-44(48)53-51(55)36-20-6-2-7-21-36)42(40)34-43-41(50)27-17-33-47(43)56-49-31-15-13-29-45(49)54-52(56)37-22-8-3-9-23-37/h1-34H. The summed E-state index contributed by atoms with van der Waals surface area (Å²) in [6.45, 7) is 0. The Morgan fingerprint density at radius 1 is 0.304 bits per heavy atom. The molecule has 0 aliphatic carbocycles. The SMILES string of the molecule is c1ccc(-c2ccccc2-c2c3cccc(-n4c(-c5ccccc5)nc5ccccc54)c3cc3c(-n4c(-c5ccccc5)nc5ccccc54)cccc23)cc1. The highest BCUT2D eigenvalue weighted by Gasteiger charge is 2.23. The van der Waals surface area contributed by atoms with Gasteiger partial charge in [0.2, 0.25) is 0 Å². The van der Waals surface area contributed by atoms with Gasteiger partial charge in [-0.15, -0.1) is 0 Å². The van der Waals surface area contributed by atoms with E-state index in [1.807, 2.05) is 0 Å². The smallest absolute Gasteiger partial charge is 0.145 e. The molecule has 0 radical (unpaired) electrons. The van der Waals surface area contributed by atoms with Crippen molar-refractivity contribution in [2.24, 2.45) is 0 Å². The number of benzene rings is 9. The van der Waals surface area contributed by atoms with E-state index in [0.717, 1.165) is 67.0 Å². The maximum absolute atomic E-state index is 5.25. The van der Waals surface area contributed by atoms with Gasteiger partial charge in [-0.3, -0.25) is 9.13 Å². The van der Waals surface area contributed by atoms with Crippen LogP contribution in [0.3, 0.4) is 0 Å². The van der Waals surface area contributed by atoms with Crippen molar-refractivity contribution in [3.05, 3.63) is 206 Å². The first kappa shape index (κ1) is 31.9. The van der Waals surface area contributed by atoms with E-state index in [0.29, 0.717) is 0 Å². The molecule has 0 spiro atoms. The second-order valence-corrected chi connectivity index (χ2v) is 14.2. The largest absolute Gasteiger partial charge is 0.292 e. The number of para-hydroxylation sites is 4. The molecule has 4 heteroatoms. The Morgan fingerprint density at radius 2 is 0.714 bits per heavy atom. The Balaban J connectivity index is 1.31. The van der Waals surface area contributed by atoms with Crippen LogP contribution in [0.5, 0.6) is 0 Å². The third-order valence-corrected chi connectivity index (χ3v) is 10.9. The van der Waals surface area contributed by atoms with Gasteiger partial charge in [0.1, 0.15) is 11.6 Å². The Morgan fingerprint density at radius 3 is 1.21 bits per heavy atom. The van der Waals surface area contributed by atoms with Gasteiger partial charge in [0.05, 0.1) is 33.4 Å². The van der Waals surface area contributed by atoms with Crippen molar-refractivity contribution in [3.63, 3.8) is 0 Å². The van der Waals surface area contributed by atoms with Crippen LogP contribution in [0.25, 0.3) is 100 Å². The van der Waals surface area contributed by atoms with Crippen molar-refractivity contribution in [2.75, 3.05) is 0 Å². The molecule has 0 fully saturated rings. The van der Waals surface area contributed by atoms with Gasteiger partial charge >= 0.3 is 0 Å². The van der Waals surface area contributed by atoms with E-state index < -0.39 is 0 Å². The first-order valence-electron chi connectivity index (χ1n) is 19.0. The van der Waals surface area contributed by atoms with Crippen molar-refractivity contribution in [3.8, 4) is 56.4 Å². The van der Waals surface area contributed by atoms with Gasteiger partial charge in [0.15, 0.2) is 0 Å². The van der Waals surface area contributed by atoms with Crippen molar-refractivity contribution >= 4 is 43.6 Å². The number of hydrogen-bond acceptors (Lipinski definition) is 2. The molecule has 262 valence electrons. The van der Waals surface area contributed by atoms with Crippen LogP contribution in [0.15, 0.2) is 206 Å². The molecule has 0 aliphatic rings. The highest BCUT2D eigenvalue weighted by molar-refractivity contribution is 6.18. The molecule has 0 amide bonds. The molecule has 4 nitrogen and oxygen atoms in total. The molecule has 0 saturated carbocycles. The molecular formula is C52H34N4. The Bertz CT molecular complexity index is 3060. The molecule has 2 heterocycles. The summed E-state index contributed by atoms with van der Waals surface area (Å²) in [7, 11) is 0. The molecule has 0 atom stereocenters. The topological polar surface area (TPSA) is 35.6 Å². The minimum atomic E-state index is 0.908. The fourth-order valence-corrected chi connectivity index (χ4v) is 8.49. The first-order chi connectivity index (χ1) is 27.8. The van der Waals surface area contributed by atoms with E-state index in [4.69, 9.17) is 9.97 Å². The molecule has 0 unspecified atom stereocenters. The van der Waals surface area contributed by atoms with Gasteiger partial charge in [0, 0.05) is 21.9 Å². The van der Waals surface area contributed by atoms with Crippen LogP contribution in [0.2, 0.25) is 0 Å². The van der Waals surface area contributed by atoms with Gasteiger partial charge < -0.3 is 0 Å². The number of aromatic nitrogens is 4. The summed E-state index contributed by atoms with van der Waals surface area (Å²) in [5, 5.41) is 4.62. The lowest BCUT2D eigenvalue weighted by Crippen LogP contribution is -2.02. The van der Waals surface area contributed by atoms with Crippen LogP contribution in [0, 0.1) is 0 Å². The van der Waals surface area contributed by atoms with Crippen molar-refractivity contribution in [1.29, 1.82) is 0 Å². The van der Waals surface area contributed by atoms with E-state index in [1.165, 1.54) is 33.0 Å². The Hall–Kier alpha value is -7.56. The van der Waals surface area contributed by atoms with Crippen LogP contribution < -0.4 is 0 Å². The molecule has 0 aliphatic heterocycles. The van der Waals surface area contributed by atoms with Crippen LogP contribution in [0.4, 0.5) is 0 Å². The predicted molar refractivity (Wildman–Crippen MR) is 232 cm³/mol. The monoisotopic (exact) mass is 714 g/mol. The Kier molecular flexibility index (Phi) is 7.46. The highest BCUT2D eigenvalue weighted by Crippen LogP contribution is 2.45. The summed E-state index contributed by atoms with van der Waals surface area (Å²) >= 11 is 0. The number of fused-ring (bicyclic) bond motifs is 4. The summed E-state index contributed by atoms with van der Waals surface area (Å²) in [4.78, 5) is 10.5. The summed E-state index contributed by atoms with van der Waals surface area (Å²) < 4.78 is 4.69. The molecule has 0 N–H and O–H groups in total. The average molecular weight is 715 g/mol. The lowest BCUT2D eigenvalue weighted by Gasteiger charge is -2.21. The van der Waals surface area contributed by atoms with Crippen LogP contribution in [-0.4, -0.2) is 19.1 Å². The van der Waals surface area contributed by atoms with E-state index in [9.17, 15) is 0 Å².